The molecule has 1 aromatic rings. The van der Waals surface area contributed by atoms with E-state index in [1.54, 1.807) is 0 Å². The molecular weight excluding hydrogens is 498 g/mol. The zero-order valence-electron chi connectivity index (χ0n) is 17.5. The third-order valence-corrected chi connectivity index (χ3v) is 7.33. The van der Waals surface area contributed by atoms with Crippen molar-refractivity contribution in [3.8, 4) is 0 Å². The summed E-state index contributed by atoms with van der Waals surface area (Å²) in [5, 5.41) is 10.3. The van der Waals surface area contributed by atoms with Crippen molar-refractivity contribution in [2.24, 2.45) is 0 Å². The van der Waals surface area contributed by atoms with Crippen molar-refractivity contribution in [2.75, 3.05) is 12.3 Å². The third-order valence-electron chi connectivity index (χ3n) is 3.36. The van der Waals surface area contributed by atoms with Crippen LogP contribution in [0.15, 0.2) is 12.2 Å². The van der Waals surface area contributed by atoms with Gasteiger partial charge in [-0.15, -0.1) is 0 Å². The zero-order chi connectivity index (χ0) is 25.8. The van der Waals surface area contributed by atoms with Crippen molar-refractivity contribution < 1.29 is 64.8 Å². The summed E-state index contributed by atoms with van der Waals surface area (Å²) >= 11 is 4.89. The van der Waals surface area contributed by atoms with Gasteiger partial charge < -0.3 is 35.2 Å². The average Bonchev–Trinajstić information content (AvgIpc) is 2.77. The largest absolute Gasteiger partial charge is 0.490 e. The molecule has 1 aliphatic rings. The Bertz CT molecular complexity index is 1130. The number of aliphatic hydroxyl groups is 1. The summed E-state index contributed by atoms with van der Waals surface area (Å²) in [5.74, 6) is -0.324. The molecule has 0 radical (unpaired) electrons. The van der Waals surface area contributed by atoms with Gasteiger partial charge in [-0.25, -0.2) is 23.1 Å². The summed E-state index contributed by atoms with van der Waals surface area (Å²) in [4.78, 5) is 39.3. The maximum absolute atomic E-state index is 15.3. The SMILES string of the molecule is [2H]c1cn([C@@H]2O[C@H](C([2H])([2H])OP(=O)(O)OP(=O)(O)OP(=O)(O)O)[C@H](O)C2(C)F)c(=S)nc1N. The van der Waals surface area contributed by atoms with Gasteiger partial charge in [-0.2, -0.15) is 8.62 Å². The van der Waals surface area contributed by atoms with Crippen LogP contribution in [0.4, 0.5) is 10.2 Å². The molecule has 0 saturated carbocycles. The topological polar surface area (TPSA) is 233 Å². The number of nitrogen functional groups attached to an aromatic ring is 1. The minimum absolute atomic E-state index is 0.324. The molecule has 1 aliphatic heterocycles. The summed E-state index contributed by atoms with van der Waals surface area (Å²) in [6.45, 7) is -2.90. The van der Waals surface area contributed by atoms with Crippen molar-refractivity contribution in [1.29, 1.82) is 0 Å². The van der Waals surface area contributed by atoms with Crippen molar-refractivity contribution >= 4 is 41.5 Å². The minimum Gasteiger partial charge on any atom is -0.387 e. The fourth-order valence-corrected chi connectivity index (χ4v) is 5.31. The lowest BCUT2D eigenvalue weighted by Crippen LogP contribution is -2.40. The van der Waals surface area contributed by atoms with Crippen LogP contribution < -0.4 is 5.73 Å². The Labute approximate surface area is 176 Å². The van der Waals surface area contributed by atoms with Gasteiger partial charge in [-0.05, 0) is 25.2 Å². The number of aromatic nitrogens is 2. The molecule has 0 bridgehead atoms. The molecule has 0 amide bonds. The van der Waals surface area contributed by atoms with Gasteiger partial charge in [0.1, 0.15) is 18.0 Å². The van der Waals surface area contributed by atoms with Crippen LogP contribution in [-0.2, 0) is 31.6 Å². The molecule has 172 valence electrons. The van der Waals surface area contributed by atoms with Gasteiger partial charge in [-0.1, -0.05) is 0 Å². The molecule has 1 saturated heterocycles. The fourth-order valence-electron chi connectivity index (χ4n) is 2.19. The number of alkyl halides is 1. The van der Waals surface area contributed by atoms with Crippen LogP contribution in [0.25, 0.3) is 0 Å². The van der Waals surface area contributed by atoms with Crippen molar-refractivity contribution in [3.05, 3.63) is 17.0 Å². The van der Waals surface area contributed by atoms with Crippen LogP contribution in [0.2, 0.25) is 0 Å². The number of phosphoric acid groups is 3. The zero-order valence-corrected chi connectivity index (χ0v) is 18.0. The lowest BCUT2D eigenvalue weighted by molar-refractivity contribution is -0.0593. The molecule has 2 heterocycles. The molecule has 15 nitrogen and oxygen atoms in total. The Kier molecular flexibility index (Phi) is 6.16. The van der Waals surface area contributed by atoms with Gasteiger partial charge in [0.25, 0.3) is 0 Å². The second-order valence-corrected chi connectivity index (χ2v) is 10.5. The average molecular weight is 518 g/mol. The Morgan fingerprint density at radius 2 is 2.00 bits per heavy atom. The highest BCUT2D eigenvalue weighted by Gasteiger charge is 2.55. The fraction of sp³-hybridized carbons (Fsp3) is 0.600. The predicted octanol–water partition coefficient (Wildman–Crippen LogP) is 0.525. The first-order chi connectivity index (χ1) is 14.6. The number of hydrogen-bond acceptors (Lipinski definition) is 11. The monoisotopic (exact) mass is 518 g/mol. The van der Waals surface area contributed by atoms with E-state index in [-0.39, 0.29) is 5.82 Å². The maximum Gasteiger partial charge on any atom is 0.490 e. The van der Waals surface area contributed by atoms with Crippen LogP contribution in [0, 0.1) is 4.77 Å². The quantitative estimate of drug-likeness (QED) is 0.203. The Hall–Kier alpha value is -0.640. The molecule has 20 heteroatoms. The smallest absolute Gasteiger partial charge is 0.387 e. The molecule has 6 atom stereocenters. The van der Waals surface area contributed by atoms with Crippen molar-refractivity contribution in [3.63, 3.8) is 0 Å². The first kappa shape index (κ1) is 21.2. The van der Waals surface area contributed by atoms with E-state index in [1.165, 1.54) is 0 Å². The van der Waals surface area contributed by atoms with E-state index in [9.17, 15) is 23.7 Å². The molecule has 0 spiro atoms. The minimum atomic E-state index is -6.01. The molecular formula is C10H17FN3O12P3S. The standard InChI is InChI=1S/C10H17FN3O12P3S/c1-10(11)7(15)5(24-8(10)14-3-2-6(12)13-9(14)30)4-23-28(19,20)26-29(21,22)25-27(16,17)18/h2-3,5,7-8,15H,4H2,1H3,(H,19,20)(H,21,22)(H2,12,13,30)(H2,16,17,18)/t5-,7+,8-,10?/m1/s1/i2D,4D2. The van der Waals surface area contributed by atoms with E-state index in [0.717, 1.165) is 17.7 Å². The third kappa shape index (κ3) is 6.43. The lowest BCUT2D eigenvalue weighted by atomic mass is 9.98. The molecule has 7 N–H and O–H groups in total. The second-order valence-electron chi connectivity index (χ2n) is 5.77. The number of rotatable bonds is 8. The van der Waals surface area contributed by atoms with E-state index in [1.807, 2.05) is 0 Å². The highest BCUT2D eigenvalue weighted by atomic mass is 32.1. The van der Waals surface area contributed by atoms with Crippen molar-refractivity contribution in [2.45, 2.75) is 31.0 Å². The van der Waals surface area contributed by atoms with Crippen LogP contribution in [0.3, 0.4) is 0 Å². The molecule has 0 aliphatic carbocycles. The van der Waals surface area contributed by atoms with Crippen LogP contribution in [0.5, 0.6) is 0 Å². The first-order valence-electron chi connectivity index (χ1n) is 8.80. The first-order valence-corrected chi connectivity index (χ1v) is 12.2. The highest BCUT2D eigenvalue weighted by Crippen LogP contribution is 2.66. The molecule has 0 aromatic carbocycles. The van der Waals surface area contributed by atoms with Gasteiger partial charge >= 0.3 is 23.5 Å². The molecule has 3 unspecified atom stereocenters. The highest BCUT2D eigenvalue weighted by molar-refractivity contribution is 7.71. The van der Waals surface area contributed by atoms with E-state index < -0.39 is 64.9 Å². The van der Waals surface area contributed by atoms with Crippen molar-refractivity contribution in [1.82, 2.24) is 9.55 Å². The van der Waals surface area contributed by atoms with E-state index in [4.69, 9.17) is 41.5 Å². The van der Waals surface area contributed by atoms with Gasteiger partial charge in [0.15, 0.2) is 11.9 Å². The number of hydrogen-bond donors (Lipinski definition) is 6. The number of ether oxygens (including phenoxy) is 1. The van der Waals surface area contributed by atoms with E-state index >= 15 is 4.39 Å². The summed E-state index contributed by atoms with van der Waals surface area (Å²) in [6, 6.07) is -0.433. The van der Waals surface area contributed by atoms with Crippen LogP contribution >= 0.6 is 35.7 Å². The molecule has 2 rings (SSSR count). The summed E-state index contributed by atoms with van der Waals surface area (Å²) in [5.41, 5.74) is 2.55. The van der Waals surface area contributed by atoms with Gasteiger partial charge in [0.2, 0.25) is 4.77 Å². The number of aliphatic hydroxyl groups excluding tert-OH is 1. The Balaban J connectivity index is 2.33. The number of halogens is 1. The van der Waals surface area contributed by atoms with Gasteiger partial charge in [-0.3, -0.25) is 9.09 Å². The number of phosphoric ester groups is 1. The number of nitrogens with zero attached hydrogens (tertiary/aromatic N) is 2. The number of nitrogens with two attached hydrogens (primary N) is 1. The molecule has 1 fully saturated rings. The van der Waals surface area contributed by atoms with Crippen LogP contribution in [-0.4, -0.2) is 58.7 Å². The lowest BCUT2D eigenvalue weighted by Gasteiger charge is -2.25. The normalized spacial score (nSPS) is 33.2. The molecule has 30 heavy (non-hydrogen) atoms. The molecule has 1 aromatic heterocycles. The maximum atomic E-state index is 15.3. The summed E-state index contributed by atoms with van der Waals surface area (Å²) in [7, 11) is -17.7. The Morgan fingerprint density at radius 1 is 1.40 bits per heavy atom. The van der Waals surface area contributed by atoms with E-state index in [0.29, 0.717) is 0 Å². The Morgan fingerprint density at radius 3 is 2.57 bits per heavy atom. The van der Waals surface area contributed by atoms with Gasteiger partial charge in [0, 0.05) is 6.20 Å². The number of anilines is 1. The second kappa shape index (κ2) is 8.71. The van der Waals surface area contributed by atoms with E-state index in [2.05, 4.69) is 18.1 Å². The van der Waals surface area contributed by atoms with Crippen LogP contribution in [0.1, 0.15) is 17.3 Å². The predicted molar refractivity (Wildman–Crippen MR) is 96.7 cm³/mol. The summed E-state index contributed by atoms with van der Waals surface area (Å²) in [6.07, 6.45) is -5.93. The van der Waals surface area contributed by atoms with Gasteiger partial charge in [0.05, 0.1) is 10.7 Å². The summed E-state index contributed by atoms with van der Waals surface area (Å²) < 4.78 is 88.8.